The monoisotopic (exact) mass is 253 g/mol. The van der Waals surface area contributed by atoms with Gasteiger partial charge in [-0.05, 0) is 6.08 Å². The summed E-state index contributed by atoms with van der Waals surface area (Å²) >= 11 is 0. The topological polar surface area (TPSA) is 47.9 Å². The Morgan fingerprint density at radius 1 is 1.24 bits per heavy atom. The molecular formula is C9H7F4NO3. The van der Waals surface area contributed by atoms with Gasteiger partial charge >= 0.3 is 13.2 Å². The Kier molecular flexibility index (Phi) is 4.56. The Labute approximate surface area is 93.2 Å². The molecule has 4 nitrogen and oxygen atoms in total. The summed E-state index contributed by atoms with van der Waals surface area (Å²) in [5.74, 6) is 0. The molecule has 2 atom stereocenters. The minimum Gasteiger partial charge on any atom is -0.310 e. The van der Waals surface area contributed by atoms with E-state index in [1.54, 1.807) is 0 Å². The molecule has 0 aliphatic heterocycles. The van der Waals surface area contributed by atoms with Crippen molar-refractivity contribution in [2.75, 3.05) is 0 Å². The lowest BCUT2D eigenvalue weighted by atomic mass is 10.0. The smallest absolute Gasteiger partial charge is 0.310 e. The van der Waals surface area contributed by atoms with Gasteiger partial charge in [0.1, 0.15) is 6.10 Å². The van der Waals surface area contributed by atoms with Crippen LogP contribution in [0.4, 0.5) is 17.6 Å². The second-order valence-electron chi connectivity index (χ2n) is 2.89. The number of hydrogen-bond acceptors (Lipinski definition) is 4. The van der Waals surface area contributed by atoms with Crippen molar-refractivity contribution in [3.8, 4) is 0 Å². The molecule has 8 heteroatoms. The average Bonchev–Trinajstić information content (AvgIpc) is 2.20. The van der Waals surface area contributed by atoms with Gasteiger partial charge in [-0.3, -0.25) is 4.74 Å². The van der Waals surface area contributed by atoms with Crippen molar-refractivity contribution in [1.29, 1.82) is 0 Å². The quantitative estimate of drug-likeness (QED) is 0.427. The lowest BCUT2D eigenvalue weighted by Gasteiger charge is -2.32. The first-order valence-corrected chi connectivity index (χ1v) is 4.35. The highest BCUT2D eigenvalue weighted by Gasteiger charge is 2.42. The van der Waals surface area contributed by atoms with Gasteiger partial charge in [-0.1, -0.05) is 18.2 Å². The molecule has 2 unspecified atom stereocenters. The summed E-state index contributed by atoms with van der Waals surface area (Å²) in [5.41, 5.74) is -2.32. The first kappa shape index (κ1) is 13.6. The van der Waals surface area contributed by atoms with E-state index in [1.807, 2.05) is 0 Å². The molecule has 1 aliphatic carbocycles. The van der Waals surface area contributed by atoms with E-state index in [9.17, 15) is 22.4 Å². The number of isocyanates is 1. The predicted octanol–water partition coefficient (Wildman–Crippen LogP) is 1.99. The van der Waals surface area contributed by atoms with Crippen LogP contribution in [-0.4, -0.2) is 31.1 Å². The summed E-state index contributed by atoms with van der Waals surface area (Å²) in [6, 6.07) is 0. The number of carbonyl (C=O) groups excluding carboxylic acids is 1. The maximum Gasteiger partial charge on any atom is 0.347 e. The third-order valence-corrected chi connectivity index (χ3v) is 1.89. The van der Waals surface area contributed by atoms with Gasteiger partial charge in [0.15, 0.2) is 0 Å². The molecule has 94 valence electrons. The molecule has 0 saturated heterocycles. The van der Waals surface area contributed by atoms with Crippen LogP contribution in [-0.2, 0) is 14.3 Å². The number of alkyl halides is 4. The largest absolute Gasteiger partial charge is 0.347 e. The zero-order valence-electron chi connectivity index (χ0n) is 8.23. The summed E-state index contributed by atoms with van der Waals surface area (Å²) in [7, 11) is 0. The Morgan fingerprint density at radius 2 is 1.94 bits per heavy atom. The lowest BCUT2D eigenvalue weighted by molar-refractivity contribution is -0.249. The van der Waals surface area contributed by atoms with E-state index in [2.05, 4.69) is 14.5 Å². The molecule has 0 radical (unpaired) electrons. The second-order valence-corrected chi connectivity index (χ2v) is 2.89. The van der Waals surface area contributed by atoms with Crippen molar-refractivity contribution in [1.82, 2.24) is 0 Å². The Hall–Kier alpha value is -1.50. The number of ether oxygens (including phenoxy) is 2. The van der Waals surface area contributed by atoms with Crippen molar-refractivity contribution >= 4 is 6.08 Å². The van der Waals surface area contributed by atoms with Crippen LogP contribution in [0.5, 0.6) is 0 Å². The maximum atomic E-state index is 12.2. The number of aliphatic imine (C=N–C) groups is 1. The summed E-state index contributed by atoms with van der Waals surface area (Å²) < 4.78 is 56.7. The molecule has 0 N–H and O–H groups in total. The van der Waals surface area contributed by atoms with Crippen LogP contribution in [0.15, 0.2) is 29.3 Å². The summed E-state index contributed by atoms with van der Waals surface area (Å²) in [5, 5.41) is 0. The molecule has 1 aliphatic rings. The highest BCUT2D eigenvalue weighted by molar-refractivity contribution is 5.38. The molecular weight excluding hydrogens is 246 g/mol. The molecule has 0 bridgehead atoms. The molecule has 0 amide bonds. The zero-order valence-corrected chi connectivity index (χ0v) is 8.23. The van der Waals surface area contributed by atoms with Crippen molar-refractivity contribution in [2.24, 2.45) is 4.99 Å². The highest BCUT2D eigenvalue weighted by Crippen LogP contribution is 2.30. The average molecular weight is 253 g/mol. The molecule has 0 heterocycles. The van der Waals surface area contributed by atoms with E-state index in [4.69, 9.17) is 0 Å². The first-order valence-electron chi connectivity index (χ1n) is 4.35. The van der Waals surface area contributed by atoms with E-state index in [0.29, 0.717) is 0 Å². The van der Waals surface area contributed by atoms with Gasteiger partial charge in [-0.25, -0.2) is 4.79 Å². The van der Waals surface area contributed by atoms with Crippen molar-refractivity contribution in [3.63, 3.8) is 0 Å². The van der Waals surface area contributed by atoms with Crippen LogP contribution < -0.4 is 0 Å². The molecule has 0 fully saturated rings. The molecule has 0 saturated carbocycles. The van der Waals surface area contributed by atoms with Gasteiger partial charge in [-0.2, -0.15) is 22.6 Å². The normalized spacial score (nSPS) is 27.5. The van der Waals surface area contributed by atoms with Gasteiger partial charge < -0.3 is 4.74 Å². The van der Waals surface area contributed by atoms with E-state index in [0.717, 1.165) is 18.2 Å². The molecule has 1 rings (SSSR count). The minimum absolute atomic E-state index is 0.914. The van der Waals surface area contributed by atoms with Gasteiger partial charge in [0, 0.05) is 0 Å². The predicted molar refractivity (Wildman–Crippen MR) is 47.1 cm³/mol. The van der Waals surface area contributed by atoms with E-state index in [1.165, 1.54) is 12.2 Å². The van der Waals surface area contributed by atoms with E-state index < -0.39 is 25.1 Å². The third-order valence-electron chi connectivity index (χ3n) is 1.89. The van der Waals surface area contributed by atoms with Crippen LogP contribution >= 0.6 is 0 Å². The number of rotatable bonds is 5. The van der Waals surface area contributed by atoms with E-state index in [-0.39, 0.29) is 0 Å². The van der Waals surface area contributed by atoms with Crippen LogP contribution in [0.2, 0.25) is 0 Å². The fourth-order valence-corrected chi connectivity index (χ4v) is 1.29. The second kappa shape index (κ2) is 5.72. The van der Waals surface area contributed by atoms with Crippen molar-refractivity contribution in [2.45, 2.75) is 25.1 Å². The van der Waals surface area contributed by atoms with Crippen LogP contribution in [0, 0.1) is 0 Å². The van der Waals surface area contributed by atoms with Crippen molar-refractivity contribution < 1.29 is 31.8 Å². The van der Waals surface area contributed by atoms with Gasteiger partial charge in [-0.15, -0.1) is 0 Å². The first-order chi connectivity index (χ1) is 8.00. The van der Waals surface area contributed by atoms with Gasteiger partial charge in [0.25, 0.3) is 0 Å². The number of nitrogens with zero attached hydrogens (tertiary/aromatic N) is 1. The summed E-state index contributed by atoms with van der Waals surface area (Å²) in [4.78, 5) is 13.2. The number of allylic oxidation sites excluding steroid dienone is 2. The third kappa shape index (κ3) is 3.48. The van der Waals surface area contributed by atoms with Crippen LogP contribution in [0.25, 0.3) is 0 Å². The molecule has 17 heavy (non-hydrogen) atoms. The minimum atomic E-state index is -3.31. The zero-order chi connectivity index (χ0) is 12.9. The maximum absolute atomic E-state index is 12.2. The standard InChI is InChI=1S/C9H7F4NO3/c10-7(11)16-6-3-1-2-4-9(6,14-5-15)17-8(12)13/h1-4,6-8H. The lowest BCUT2D eigenvalue weighted by Crippen LogP contribution is -2.45. The number of hydrogen-bond donors (Lipinski definition) is 0. The van der Waals surface area contributed by atoms with E-state index >= 15 is 0 Å². The van der Waals surface area contributed by atoms with Crippen LogP contribution in [0.3, 0.4) is 0 Å². The Morgan fingerprint density at radius 3 is 2.47 bits per heavy atom. The Bertz CT molecular complexity index is 365. The molecule has 0 aromatic heterocycles. The fourth-order valence-electron chi connectivity index (χ4n) is 1.29. The fraction of sp³-hybridized carbons (Fsp3) is 0.444. The SMILES string of the molecule is O=C=NC1(OC(F)F)C=CC=CC1OC(F)F. The molecule has 0 aromatic rings. The highest BCUT2D eigenvalue weighted by atomic mass is 19.3. The molecule has 0 spiro atoms. The molecule has 0 aromatic carbocycles. The summed E-state index contributed by atoms with van der Waals surface area (Å²) in [6.07, 6.45) is 3.79. The number of halogens is 4. The van der Waals surface area contributed by atoms with Crippen LogP contribution in [0.1, 0.15) is 0 Å². The summed E-state index contributed by atoms with van der Waals surface area (Å²) in [6.45, 7) is -6.54. The van der Waals surface area contributed by atoms with Gasteiger partial charge in [0.2, 0.25) is 11.8 Å². The Balaban J connectivity index is 3.01. The van der Waals surface area contributed by atoms with Gasteiger partial charge in [0.05, 0.1) is 0 Å². The van der Waals surface area contributed by atoms with Crippen molar-refractivity contribution in [3.05, 3.63) is 24.3 Å².